The third-order valence-corrected chi connectivity index (χ3v) is 3.86. The molecule has 0 spiro atoms. The lowest BCUT2D eigenvalue weighted by molar-refractivity contribution is 0.850. The van der Waals surface area contributed by atoms with Crippen molar-refractivity contribution in [2.45, 2.75) is 25.8 Å². The molecular formula is C12H22N6S. The Kier molecular flexibility index (Phi) is 5.07. The van der Waals surface area contributed by atoms with Gasteiger partial charge >= 0.3 is 0 Å². The van der Waals surface area contributed by atoms with Gasteiger partial charge in [-0.15, -0.1) is 0 Å². The van der Waals surface area contributed by atoms with Crippen molar-refractivity contribution in [2.24, 2.45) is 0 Å². The number of nitrogens with one attached hydrogen (secondary N) is 2. The van der Waals surface area contributed by atoms with E-state index >= 15 is 0 Å². The molecule has 0 saturated carbocycles. The van der Waals surface area contributed by atoms with E-state index < -0.39 is 0 Å². The Balaban J connectivity index is 2.15. The number of hydrogen-bond donors (Lipinski definition) is 2. The molecule has 1 atom stereocenters. The minimum absolute atomic E-state index is 0.341. The predicted molar refractivity (Wildman–Crippen MR) is 82.3 cm³/mol. The topological polar surface area (TPSA) is 66.0 Å². The Bertz CT molecular complexity index is 407. The van der Waals surface area contributed by atoms with Crippen LogP contribution >= 0.6 is 11.8 Å². The second kappa shape index (κ2) is 6.79. The minimum atomic E-state index is 0.341. The fourth-order valence-electron chi connectivity index (χ4n) is 2.11. The van der Waals surface area contributed by atoms with Crippen molar-refractivity contribution in [3.8, 4) is 0 Å². The normalized spacial score (nSPS) is 16.5. The molecule has 1 aromatic rings. The highest BCUT2D eigenvalue weighted by Gasteiger charge is 2.17. The monoisotopic (exact) mass is 282 g/mol. The van der Waals surface area contributed by atoms with Crippen molar-refractivity contribution >= 4 is 29.6 Å². The van der Waals surface area contributed by atoms with Crippen LogP contribution < -0.4 is 15.5 Å². The molecule has 2 heterocycles. The summed E-state index contributed by atoms with van der Waals surface area (Å²) in [4.78, 5) is 15.5. The highest BCUT2D eigenvalue weighted by atomic mass is 32.2. The van der Waals surface area contributed by atoms with Crippen LogP contribution in [0.25, 0.3) is 0 Å². The van der Waals surface area contributed by atoms with E-state index in [-0.39, 0.29) is 0 Å². The number of rotatable bonds is 6. The molecule has 0 radical (unpaired) electrons. The maximum atomic E-state index is 4.53. The van der Waals surface area contributed by atoms with Gasteiger partial charge in [-0.3, -0.25) is 0 Å². The summed E-state index contributed by atoms with van der Waals surface area (Å²) in [7, 11) is 1.83. The first-order chi connectivity index (χ1) is 9.22. The fourth-order valence-corrected chi connectivity index (χ4v) is 2.70. The maximum Gasteiger partial charge on any atom is 0.231 e. The van der Waals surface area contributed by atoms with Crippen LogP contribution in [0.15, 0.2) is 0 Å². The Labute approximate surface area is 118 Å². The van der Waals surface area contributed by atoms with Gasteiger partial charge in [0.25, 0.3) is 0 Å². The van der Waals surface area contributed by atoms with Crippen molar-refractivity contribution < 1.29 is 0 Å². The number of anilines is 3. The molecule has 1 saturated heterocycles. The Hall–Kier alpha value is -1.24. The average molecular weight is 282 g/mol. The highest BCUT2D eigenvalue weighted by molar-refractivity contribution is 7.98. The standard InChI is InChI=1S/C12H22N6S/c1-9(8-19-3)14-11-15-10(13-2)16-12(17-11)18-6-4-5-7-18/h9H,4-8H2,1-3H3,(H2,13,14,15,16,17). The number of hydrogen-bond acceptors (Lipinski definition) is 7. The molecule has 1 aromatic heterocycles. The first-order valence-corrected chi connectivity index (χ1v) is 8.06. The summed E-state index contributed by atoms with van der Waals surface area (Å²) in [6.07, 6.45) is 4.53. The lowest BCUT2D eigenvalue weighted by Crippen LogP contribution is -2.24. The second-order valence-electron chi connectivity index (χ2n) is 4.73. The number of nitrogens with zero attached hydrogens (tertiary/aromatic N) is 4. The quantitative estimate of drug-likeness (QED) is 0.823. The average Bonchev–Trinajstić information content (AvgIpc) is 2.92. The third kappa shape index (κ3) is 3.86. The molecule has 1 unspecified atom stereocenters. The zero-order valence-corrected chi connectivity index (χ0v) is 12.6. The van der Waals surface area contributed by atoms with Crippen LogP contribution in [0.4, 0.5) is 17.8 Å². The first-order valence-electron chi connectivity index (χ1n) is 6.67. The maximum absolute atomic E-state index is 4.53. The molecular weight excluding hydrogens is 260 g/mol. The summed E-state index contributed by atoms with van der Waals surface area (Å²) in [5.74, 6) is 3.08. The third-order valence-electron chi connectivity index (χ3n) is 3.03. The van der Waals surface area contributed by atoms with Crippen molar-refractivity contribution in [1.82, 2.24) is 15.0 Å². The molecule has 0 aliphatic carbocycles. The van der Waals surface area contributed by atoms with E-state index in [2.05, 4.69) is 43.7 Å². The lowest BCUT2D eigenvalue weighted by atomic mass is 10.4. The van der Waals surface area contributed by atoms with Gasteiger partial charge in [-0.2, -0.15) is 26.7 Å². The van der Waals surface area contributed by atoms with Gasteiger partial charge in [0.1, 0.15) is 0 Å². The molecule has 0 aromatic carbocycles. The number of aromatic nitrogens is 3. The summed E-state index contributed by atoms with van der Waals surface area (Å²) in [5, 5.41) is 6.33. The van der Waals surface area contributed by atoms with Gasteiger partial charge in [0, 0.05) is 31.9 Å². The van der Waals surface area contributed by atoms with E-state index in [1.165, 1.54) is 12.8 Å². The predicted octanol–water partition coefficient (Wildman–Crippen LogP) is 1.68. The zero-order valence-electron chi connectivity index (χ0n) is 11.8. The van der Waals surface area contributed by atoms with E-state index in [0.29, 0.717) is 17.9 Å². The molecule has 2 N–H and O–H groups in total. The molecule has 1 aliphatic heterocycles. The molecule has 106 valence electrons. The SMILES string of the molecule is CNc1nc(NC(C)CSC)nc(N2CCCC2)n1. The fraction of sp³-hybridized carbons (Fsp3) is 0.750. The van der Waals surface area contributed by atoms with Crippen LogP contribution in [-0.2, 0) is 0 Å². The van der Waals surface area contributed by atoms with Crippen LogP contribution in [-0.4, -0.2) is 53.1 Å². The van der Waals surface area contributed by atoms with Gasteiger partial charge in [-0.05, 0) is 26.0 Å². The molecule has 1 fully saturated rings. The van der Waals surface area contributed by atoms with Gasteiger partial charge in [0.05, 0.1) is 0 Å². The Morgan fingerprint density at radius 2 is 1.89 bits per heavy atom. The van der Waals surface area contributed by atoms with Crippen molar-refractivity contribution in [3.63, 3.8) is 0 Å². The van der Waals surface area contributed by atoms with Crippen LogP contribution in [0.2, 0.25) is 0 Å². The van der Waals surface area contributed by atoms with Gasteiger partial charge in [0.2, 0.25) is 17.8 Å². The number of thioether (sulfide) groups is 1. The smallest absolute Gasteiger partial charge is 0.231 e. The lowest BCUT2D eigenvalue weighted by Gasteiger charge is -2.18. The summed E-state index contributed by atoms with van der Waals surface area (Å²) < 4.78 is 0. The molecule has 7 heteroatoms. The van der Waals surface area contributed by atoms with Gasteiger partial charge in [-0.25, -0.2) is 0 Å². The van der Waals surface area contributed by atoms with Gasteiger partial charge in [-0.1, -0.05) is 0 Å². The zero-order chi connectivity index (χ0) is 13.7. The van der Waals surface area contributed by atoms with E-state index in [9.17, 15) is 0 Å². The molecule has 0 amide bonds. The summed E-state index contributed by atoms with van der Waals surface area (Å²) in [5.41, 5.74) is 0. The van der Waals surface area contributed by atoms with E-state index in [0.717, 1.165) is 24.8 Å². The van der Waals surface area contributed by atoms with Crippen LogP contribution in [0.1, 0.15) is 19.8 Å². The first kappa shape index (κ1) is 14.2. The molecule has 19 heavy (non-hydrogen) atoms. The molecule has 1 aliphatic rings. The van der Waals surface area contributed by atoms with Crippen LogP contribution in [0.5, 0.6) is 0 Å². The molecule has 6 nitrogen and oxygen atoms in total. The molecule has 2 rings (SSSR count). The van der Waals surface area contributed by atoms with Crippen molar-refractivity contribution in [3.05, 3.63) is 0 Å². The van der Waals surface area contributed by atoms with Crippen molar-refractivity contribution in [2.75, 3.05) is 47.7 Å². The van der Waals surface area contributed by atoms with E-state index in [1.54, 1.807) is 0 Å². The summed E-state index contributed by atoms with van der Waals surface area (Å²) in [6.45, 7) is 4.20. The largest absolute Gasteiger partial charge is 0.357 e. The summed E-state index contributed by atoms with van der Waals surface area (Å²) >= 11 is 1.81. The van der Waals surface area contributed by atoms with Gasteiger partial charge in [0.15, 0.2) is 0 Å². The Morgan fingerprint density at radius 3 is 2.53 bits per heavy atom. The molecule has 0 bridgehead atoms. The Morgan fingerprint density at radius 1 is 1.21 bits per heavy atom. The van der Waals surface area contributed by atoms with E-state index in [1.807, 2.05) is 18.8 Å². The minimum Gasteiger partial charge on any atom is -0.357 e. The summed E-state index contributed by atoms with van der Waals surface area (Å²) in [6, 6.07) is 0.341. The highest BCUT2D eigenvalue weighted by Crippen LogP contribution is 2.18. The second-order valence-corrected chi connectivity index (χ2v) is 5.64. The van der Waals surface area contributed by atoms with Crippen LogP contribution in [0.3, 0.4) is 0 Å². The van der Waals surface area contributed by atoms with Crippen molar-refractivity contribution in [1.29, 1.82) is 0 Å². The van der Waals surface area contributed by atoms with E-state index in [4.69, 9.17) is 0 Å². The van der Waals surface area contributed by atoms with Crippen LogP contribution in [0, 0.1) is 0 Å². The van der Waals surface area contributed by atoms with Gasteiger partial charge < -0.3 is 15.5 Å².